The number of benzene rings is 1. The molecule has 2 atom stereocenters. The Hall–Kier alpha value is -2.11. The smallest absolute Gasteiger partial charge is 0.432 e. The monoisotopic (exact) mass is 542 g/mol. The summed E-state index contributed by atoms with van der Waals surface area (Å²) in [6.07, 6.45) is -1.29. The van der Waals surface area contributed by atoms with Crippen molar-refractivity contribution in [2.24, 2.45) is 5.41 Å². The van der Waals surface area contributed by atoms with E-state index in [0.717, 1.165) is 6.26 Å². The number of halogens is 3. The number of carbonyl (C=O) groups excluding carboxylic acids is 3. The summed E-state index contributed by atoms with van der Waals surface area (Å²) < 4.78 is 47.3. The largest absolute Gasteiger partial charge is 0.509 e. The van der Waals surface area contributed by atoms with E-state index < -0.39 is 45.6 Å². The van der Waals surface area contributed by atoms with Crippen molar-refractivity contribution in [1.29, 1.82) is 0 Å². The minimum absolute atomic E-state index is 0.00834. The van der Waals surface area contributed by atoms with Gasteiger partial charge in [0, 0.05) is 12.7 Å². The van der Waals surface area contributed by atoms with E-state index >= 15 is 0 Å². The van der Waals surface area contributed by atoms with Gasteiger partial charge < -0.3 is 20.1 Å². The van der Waals surface area contributed by atoms with Gasteiger partial charge in [-0.2, -0.15) is 0 Å². The van der Waals surface area contributed by atoms with Crippen molar-refractivity contribution >= 4 is 51.0 Å². The maximum absolute atomic E-state index is 13.8. The molecule has 34 heavy (non-hydrogen) atoms. The van der Waals surface area contributed by atoms with Crippen LogP contribution in [0, 0.1) is 5.41 Å². The van der Waals surface area contributed by atoms with Gasteiger partial charge >= 0.3 is 6.16 Å². The zero-order chi connectivity index (χ0) is 26.1. The van der Waals surface area contributed by atoms with Crippen LogP contribution in [0.25, 0.3) is 0 Å². The number of nitrogens with one attached hydrogen (secondary N) is 2. The van der Waals surface area contributed by atoms with E-state index in [1.807, 2.05) is 20.8 Å². The van der Waals surface area contributed by atoms with Crippen LogP contribution in [0.5, 0.6) is 0 Å². The number of hydrogen-bond donors (Lipinski definition) is 2. The van der Waals surface area contributed by atoms with Gasteiger partial charge in [-0.3, -0.25) is 9.59 Å². The van der Waals surface area contributed by atoms with Gasteiger partial charge in [0.1, 0.15) is 13.3 Å². The first-order valence-electron chi connectivity index (χ1n) is 10.2. The minimum atomic E-state index is -3.50. The molecule has 1 aromatic carbocycles. The van der Waals surface area contributed by atoms with Crippen LogP contribution in [-0.4, -0.2) is 63.3 Å². The SMILES string of the molecule is CC(C)(C)CC(=O)NCCOC(=O)O[C@H](c1ccc(S(C)(=O)=O)cc1)[C@@H](CF)NC(=O)C(Cl)Cl. The van der Waals surface area contributed by atoms with Crippen LogP contribution in [0.1, 0.15) is 38.9 Å². The molecular weight excluding hydrogens is 514 g/mol. The number of ether oxygens (including phenoxy) is 2. The van der Waals surface area contributed by atoms with Crippen molar-refractivity contribution in [1.82, 2.24) is 10.6 Å². The highest BCUT2D eigenvalue weighted by atomic mass is 35.5. The summed E-state index contributed by atoms with van der Waals surface area (Å²) >= 11 is 11.0. The van der Waals surface area contributed by atoms with Crippen LogP contribution in [0.4, 0.5) is 9.18 Å². The average molecular weight is 543 g/mol. The number of alkyl halides is 3. The highest BCUT2D eigenvalue weighted by Crippen LogP contribution is 2.25. The standard InChI is InChI=1S/C21H29Cl2FN2O7S/c1-21(2,3)11-16(27)25-9-10-32-20(29)33-17(15(12-24)26-19(28)18(22)23)13-5-7-14(8-6-13)34(4,30)31/h5-8,15,17-18H,9-12H2,1-4H3,(H,25,27)(H,26,28)/t15-,17-/m1/s1. The molecule has 1 aromatic rings. The van der Waals surface area contributed by atoms with Gasteiger partial charge in [-0.1, -0.05) is 56.1 Å². The van der Waals surface area contributed by atoms with E-state index in [2.05, 4.69) is 10.6 Å². The summed E-state index contributed by atoms with van der Waals surface area (Å²) in [5.74, 6) is -1.13. The second-order valence-corrected chi connectivity index (χ2v) is 11.7. The third kappa shape index (κ3) is 10.9. The van der Waals surface area contributed by atoms with Gasteiger partial charge in [0.05, 0.1) is 17.5 Å². The van der Waals surface area contributed by atoms with E-state index in [1.54, 1.807) is 0 Å². The van der Waals surface area contributed by atoms with Gasteiger partial charge in [0.15, 0.2) is 20.8 Å². The molecule has 0 unspecified atom stereocenters. The molecule has 1 rings (SSSR count). The average Bonchev–Trinajstić information content (AvgIpc) is 2.71. The van der Waals surface area contributed by atoms with Gasteiger partial charge in [0.2, 0.25) is 5.91 Å². The Bertz CT molecular complexity index is 951. The van der Waals surface area contributed by atoms with E-state index in [1.165, 1.54) is 24.3 Å². The van der Waals surface area contributed by atoms with Crippen molar-refractivity contribution < 1.29 is 36.7 Å². The molecular formula is C21H29Cl2FN2O7S. The summed E-state index contributed by atoms with van der Waals surface area (Å²) in [5, 5.41) is 4.83. The topological polar surface area (TPSA) is 128 Å². The first kappa shape index (κ1) is 29.9. The van der Waals surface area contributed by atoms with Crippen molar-refractivity contribution in [3.05, 3.63) is 29.8 Å². The van der Waals surface area contributed by atoms with E-state index in [-0.39, 0.29) is 41.4 Å². The predicted octanol–water partition coefficient (Wildman–Crippen LogP) is 3.09. The molecule has 0 bridgehead atoms. The summed E-state index contributed by atoms with van der Waals surface area (Å²) in [6, 6.07) is 3.74. The number of carbonyl (C=O) groups is 3. The maximum atomic E-state index is 13.8. The molecule has 2 amide bonds. The molecule has 0 aromatic heterocycles. The molecule has 192 valence electrons. The normalized spacial score (nSPS) is 13.6. The third-order valence-electron chi connectivity index (χ3n) is 4.25. The molecule has 0 saturated heterocycles. The van der Waals surface area contributed by atoms with Crippen LogP contribution in [-0.2, 0) is 28.9 Å². The number of hydrogen-bond acceptors (Lipinski definition) is 7. The lowest BCUT2D eigenvalue weighted by atomic mass is 9.92. The quantitative estimate of drug-likeness (QED) is 0.249. The molecule has 0 spiro atoms. The van der Waals surface area contributed by atoms with Crippen molar-refractivity contribution in [2.45, 2.75) is 49.1 Å². The van der Waals surface area contributed by atoms with Gasteiger partial charge in [-0.25, -0.2) is 17.6 Å². The molecule has 0 heterocycles. The lowest BCUT2D eigenvalue weighted by Gasteiger charge is -2.26. The molecule has 0 aliphatic rings. The third-order valence-corrected chi connectivity index (χ3v) is 5.78. The molecule has 0 fully saturated rings. The van der Waals surface area contributed by atoms with Crippen LogP contribution in [0.15, 0.2) is 29.2 Å². The fourth-order valence-electron chi connectivity index (χ4n) is 2.73. The molecule has 0 saturated carbocycles. The Morgan fingerprint density at radius 1 is 1.12 bits per heavy atom. The van der Waals surface area contributed by atoms with Crippen molar-refractivity contribution in [3.8, 4) is 0 Å². The molecule has 9 nitrogen and oxygen atoms in total. The summed E-state index contributed by atoms with van der Waals surface area (Å²) in [5.41, 5.74) is -0.0212. The van der Waals surface area contributed by atoms with Crippen LogP contribution < -0.4 is 10.6 Å². The van der Waals surface area contributed by atoms with Crippen molar-refractivity contribution in [3.63, 3.8) is 0 Å². The Morgan fingerprint density at radius 3 is 2.18 bits per heavy atom. The zero-order valence-corrected chi connectivity index (χ0v) is 21.6. The molecule has 13 heteroatoms. The zero-order valence-electron chi connectivity index (χ0n) is 19.3. The first-order valence-corrected chi connectivity index (χ1v) is 12.9. The molecule has 2 N–H and O–H groups in total. The van der Waals surface area contributed by atoms with E-state index in [0.29, 0.717) is 0 Å². The molecule has 0 aliphatic carbocycles. The Kier molecular flexibility index (Phi) is 11.5. The van der Waals surface area contributed by atoms with Gasteiger partial charge in [-0.05, 0) is 23.1 Å². The van der Waals surface area contributed by atoms with E-state index in [4.69, 9.17) is 32.7 Å². The van der Waals surface area contributed by atoms with Crippen molar-refractivity contribution in [2.75, 3.05) is 26.1 Å². The van der Waals surface area contributed by atoms with Gasteiger partial charge in [-0.15, -0.1) is 0 Å². The lowest BCUT2D eigenvalue weighted by Crippen LogP contribution is -2.44. The van der Waals surface area contributed by atoms with Crippen LogP contribution in [0.3, 0.4) is 0 Å². The highest BCUT2D eigenvalue weighted by molar-refractivity contribution is 7.90. The van der Waals surface area contributed by atoms with E-state index in [9.17, 15) is 27.2 Å². The fourth-order valence-corrected chi connectivity index (χ4v) is 3.49. The van der Waals surface area contributed by atoms with Gasteiger partial charge in [0.25, 0.3) is 5.91 Å². The Balaban J connectivity index is 2.91. The number of rotatable bonds is 11. The van der Waals surface area contributed by atoms with Crippen LogP contribution >= 0.6 is 23.2 Å². The lowest BCUT2D eigenvalue weighted by molar-refractivity contribution is -0.123. The Morgan fingerprint density at radius 2 is 1.71 bits per heavy atom. The molecule has 0 radical (unpaired) electrons. The fraction of sp³-hybridized carbons (Fsp3) is 0.571. The minimum Gasteiger partial charge on any atom is -0.432 e. The highest BCUT2D eigenvalue weighted by Gasteiger charge is 2.31. The summed E-state index contributed by atoms with van der Waals surface area (Å²) in [4.78, 5) is 34.4. The molecule has 0 aliphatic heterocycles. The Labute approximate surface area is 208 Å². The maximum Gasteiger partial charge on any atom is 0.509 e. The number of sulfone groups is 1. The second-order valence-electron chi connectivity index (χ2n) is 8.64. The number of amides is 2. The van der Waals surface area contributed by atoms with Crippen LogP contribution in [0.2, 0.25) is 0 Å². The summed E-state index contributed by atoms with van der Waals surface area (Å²) in [7, 11) is -3.50. The second kappa shape index (κ2) is 13.1. The predicted molar refractivity (Wildman–Crippen MR) is 125 cm³/mol. The summed E-state index contributed by atoms with van der Waals surface area (Å²) in [6.45, 7) is 4.36. The first-order chi connectivity index (χ1) is 15.6.